The van der Waals surface area contributed by atoms with E-state index >= 15 is 0 Å². The number of nitrogens with zero attached hydrogens (tertiary/aromatic N) is 1. The molecule has 0 aliphatic carbocycles. The molecular formula is C14H17ClN4O2. The van der Waals surface area contributed by atoms with Crippen molar-refractivity contribution in [3.05, 3.63) is 22.7 Å². The van der Waals surface area contributed by atoms with Gasteiger partial charge in [0.25, 0.3) is 5.91 Å². The molecule has 5 N–H and O–H groups in total. The summed E-state index contributed by atoms with van der Waals surface area (Å²) in [6, 6.07) is 3.15. The quantitative estimate of drug-likeness (QED) is 0.701. The van der Waals surface area contributed by atoms with E-state index < -0.39 is 5.91 Å². The summed E-state index contributed by atoms with van der Waals surface area (Å²) >= 11 is 6.30. The van der Waals surface area contributed by atoms with E-state index in [9.17, 15) is 9.59 Å². The molecule has 7 heteroatoms. The van der Waals surface area contributed by atoms with Crippen LogP contribution in [-0.4, -0.2) is 30.9 Å². The predicted molar refractivity (Wildman–Crippen MR) is 81.3 cm³/mol. The Morgan fingerprint density at radius 1 is 1.43 bits per heavy atom. The lowest BCUT2D eigenvalue weighted by Crippen LogP contribution is -2.46. The first kappa shape index (κ1) is 14.0. The highest BCUT2D eigenvalue weighted by molar-refractivity contribution is 6.34. The Bertz CT molecular complexity index is 619. The van der Waals surface area contributed by atoms with Crippen LogP contribution in [0.2, 0.25) is 5.02 Å². The number of anilines is 2. The van der Waals surface area contributed by atoms with Crippen LogP contribution in [0.25, 0.3) is 0 Å². The molecule has 2 fully saturated rings. The maximum absolute atomic E-state index is 11.9. The van der Waals surface area contributed by atoms with E-state index in [0.717, 1.165) is 19.4 Å². The van der Waals surface area contributed by atoms with Gasteiger partial charge < -0.3 is 21.7 Å². The number of piperidine rings is 1. The zero-order chi connectivity index (χ0) is 15.1. The first-order valence-electron chi connectivity index (χ1n) is 6.92. The van der Waals surface area contributed by atoms with Gasteiger partial charge in [-0.25, -0.2) is 0 Å². The molecular weight excluding hydrogens is 292 g/mol. The molecule has 1 aromatic carbocycles. The normalized spacial score (nSPS) is 24.6. The van der Waals surface area contributed by atoms with E-state index in [2.05, 4.69) is 5.32 Å². The monoisotopic (exact) mass is 308 g/mol. The molecule has 112 valence electrons. The molecule has 6 nitrogen and oxygen atoms in total. The number of nitrogens with one attached hydrogen (secondary N) is 1. The van der Waals surface area contributed by atoms with Crippen LogP contribution < -0.4 is 21.7 Å². The van der Waals surface area contributed by atoms with Crippen molar-refractivity contribution < 1.29 is 9.59 Å². The lowest BCUT2D eigenvalue weighted by atomic mass is 9.90. The highest BCUT2D eigenvalue weighted by Crippen LogP contribution is 2.38. The number of fused-ring (bicyclic) bond motifs is 1. The molecule has 0 bridgehead atoms. The molecule has 1 aromatic rings. The summed E-state index contributed by atoms with van der Waals surface area (Å²) in [5.41, 5.74) is 12.5. The highest BCUT2D eigenvalue weighted by atomic mass is 35.5. The van der Waals surface area contributed by atoms with E-state index in [0.29, 0.717) is 28.5 Å². The third kappa shape index (κ3) is 2.29. The van der Waals surface area contributed by atoms with E-state index in [-0.39, 0.29) is 17.9 Å². The lowest BCUT2D eigenvalue weighted by molar-refractivity contribution is -0.122. The van der Waals surface area contributed by atoms with Gasteiger partial charge in [0, 0.05) is 18.8 Å². The average molecular weight is 309 g/mol. The average Bonchev–Trinajstić information content (AvgIpc) is 2.80. The van der Waals surface area contributed by atoms with Crippen LogP contribution in [0, 0.1) is 5.92 Å². The van der Waals surface area contributed by atoms with Crippen LogP contribution in [0.1, 0.15) is 23.2 Å². The summed E-state index contributed by atoms with van der Waals surface area (Å²) in [5.74, 6) is -0.566. The van der Waals surface area contributed by atoms with Crippen LogP contribution in [0.15, 0.2) is 12.1 Å². The van der Waals surface area contributed by atoms with Gasteiger partial charge in [0.2, 0.25) is 5.91 Å². The van der Waals surface area contributed by atoms with Crippen LogP contribution in [0.3, 0.4) is 0 Å². The van der Waals surface area contributed by atoms with Gasteiger partial charge >= 0.3 is 0 Å². The van der Waals surface area contributed by atoms with Crippen molar-refractivity contribution in [2.45, 2.75) is 18.9 Å². The third-order valence-corrected chi connectivity index (χ3v) is 4.53. The summed E-state index contributed by atoms with van der Waals surface area (Å²) in [6.07, 6.45) is 1.72. The van der Waals surface area contributed by atoms with E-state index in [1.54, 1.807) is 6.07 Å². The smallest absolute Gasteiger partial charge is 0.250 e. The number of halogens is 1. The molecule has 0 radical (unpaired) electrons. The second-order valence-electron chi connectivity index (χ2n) is 5.52. The van der Waals surface area contributed by atoms with Crippen LogP contribution in [-0.2, 0) is 4.79 Å². The Kier molecular flexibility index (Phi) is 3.41. The Hall–Kier alpha value is -1.95. The second-order valence-corrected chi connectivity index (χ2v) is 5.92. The van der Waals surface area contributed by atoms with Crippen molar-refractivity contribution in [3.8, 4) is 0 Å². The minimum Gasteiger partial charge on any atom is -0.399 e. The number of rotatable bonds is 2. The third-order valence-electron chi connectivity index (χ3n) is 4.24. The molecule has 2 saturated heterocycles. The maximum Gasteiger partial charge on any atom is 0.250 e. The van der Waals surface area contributed by atoms with Gasteiger partial charge in [-0.05, 0) is 25.0 Å². The molecule has 0 saturated carbocycles. The molecule has 2 atom stereocenters. The number of benzene rings is 1. The van der Waals surface area contributed by atoms with E-state index in [1.165, 1.54) is 6.07 Å². The molecule has 3 rings (SSSR count). The number of hydrogen-bond donors (Lipinski definition) is 3. The highest BCUT2D eigenvalue weighted by Gasteiger charge is 2.42. The van der Waals surface area contributed by atoms with Crippen molar-refractivity contribution in [2.24, 2.45) is 11.7 Å². The van der Waals surface area contributed by atoms with Crippen LogP contribution in [0.5, 0.6) is 0 Å². The number of nitrogen functional groups attached to an aromatic ring is 1. The number of nitrogens with two attached hydrogens (primary N) is 2. The SMILES string of the molecule is NC(=O)c1cc(N)cc(Cl)c1N1CCCC2C(=O)NCC21. The van der Waals surface area contributed by atoms with Crippen molar-refractivity contribution >= 4 is 34.8 Å². The van der Waals surface area contributed by atoms with E-state index in [1.807, 2.05) is 4.90 Å². The first-order valence-corrected chi connectivity index (χ1v) is 7.30. The van der Waals surface area contributed by atoms with Gasteiger partial charge in [0.15, 0.2) is 0 Å². The molecule has 2 aliphatic heterocycles. The Balaban J connectivity index is 2.07. The summed E-state index contributed by atoms with van der Waals surface area (Å²) in [6.45, 7) is 1.29. The van der Waals surface area contributed by atoms with Crippen LogP contribution in [0.4, 0.5) is 11.4 Å². The van der Waals surface area contributed by atoms with Crippen LogP contribution >= 0.6 is 11.6 Å². The Morgan fingerprint density at radius 3 is 2.90 bits per heavy atom. The zero-order valence-corrected chi connectivity index (χ0v) is 12.2. The summed E-state index contributed by atoms with van der Waals surface area (Å²) in [5, 5.41) is 3.27. The maximum atomic E-state index is 11.9. The molecule has 0 aromatic heterocycles. The molecule has 2 unspecified atom stereocenters. The van der Waals surface area contributed by atoms with Crippen molar-refractivity contribution in [1.82, 2.24) is 5.32 Å². The van der Waals surface area contributed by atoms with Gasteiger partial charge in [-0.15, -0.1) is 0 Å². The summed E-state index contributed by atoms with van der Waals surface area (Å²) in [4.78, 5) is 25.6. The second kappa shape index (κ2) is 5.11. The number of hydrogen-bond acceptors (Lipinski definition) is 4. The molecule has 21 heavy (non-hydrogen) atoms. The number of primary amides is 1. The van der Waals surface area contributed by atoms with Crippen molar-refractivity contribution in [2.75, 3.05) is 23.7 Å². The standard InChI is InChI=1S/C14H17ClN4O2/c15-10-5-7(16)4-9(13(17)20)12(10)19-3-1-2-8-11(19)6-18-14(8)21/h4-5,8,11H,1-3,6,16H2,(H2,17,20)(H,18,21). The fourth-order valence-corrected chi connectivity index (χ4v) is 3.67. The molecule has 2 aliphatic rings. The lowest BCUT2D eigenvalue weighted by Gasteiger charge is -2.39. The summed E-state index contributed by atoms with van der Waals surface area (Å²) in [7, 11) is 0. The van der Waals surface area contributed by atoms with Gasteiger partial charge in [-0.3, -0.25) is 9.59 Å². The summed E-state index contributed by atoms with van der Waals surface area (Å²) < 4.78 is 0. The van der Waals surface area contributed by atoms with Gasteiger partial charge in [-0.1, -0.05) is 11.6 Å². The van der Waals surface area contributed by atoms with Crippen molar-refractivity contribution in [1.29, 1.82) is 0 Å². The minimum absolute atomic E-state index is 0.00507. The Labute approximate surface area is 127 Å². The Morgan fingerprint density at radius 2 is 2.19 bits per heavy atom. The van der Waals surface area contributed by atoms with Gasteiger partial charge in [0.1, 0.15) is 0 Å². The largest absolute Gasteiger partial charge is 0.399 e. The number of amides is 2. The fraction of sp³-hybridized carbons (Fsp3) is 0.429. The molecule has 2 amide bonds. The van der Waals surface area contributed by atoms with Gasteiger partial charge in [0.05, 0.1) is 28.2 Å². The minimum atomic E-state index is -0.571. The first-order chi connectivity index (χ1) is 9.99. The zero-order valence-electron chi connectivity index (χ0n) is 11.4. The van der Waals surface area contributed by atoms with Crippen molar-refractivity contribution in [3.63, 3.8) is 0 Å². The topological polar surface area (TPSA) is 101 Å². The fourth-order valence-electron chi connectivity index (χ4n) is 3.33. The molecule has 0 spiro atoms. The predicted octanol–water partition coefficient (Wildman–Crippen LogP) is 0.736. The number of carbonyl (C=O) groups is 2. The van der Waals surface area contributed by atoms with Gasteiger partial charge in [-0.2, -0.15) is 0 Å². The van der Waals surface area contributed by atoms with E-state index in [4.69, 9.17) is 23.1 Å². The number of carbonyl (C=O) groups excluding carboxylic acids is 2. The molecule has 2 heterocycles.